The highest BCUT2D eigenvalue weighted by molar-refractivity contribution is 7.11. The van der Waals surface area contributed by atoms with Gasteiger partial charge in [0.2, 0.25) is 0 Å². The summed E-state index contributed by atoms with van der Waals surface area (Å²) in [4.78, 5) is 10.5. The molecular formula is C21H29FN4OS. The van der Waals surface area contributed by atoms with Crippen LogP contribution in [-0.2, 0) is 16.7 Å². The van der Waals surface area contributed by atoms with Gasteiger partial charge in [0.15, 0.2) is 5.96 Å². The molecule has 1 aliphatic heterocycles. The third kappa shape index (κ3) is 5.08. The predicted molar refractivity (Wildman–Crippen MR) is 113 cm³/mol. The molecule has 28 heavy (non-hydrogen) atoms. The monoisotopic (exact) mass is 404 g/mol. The van der Waals surface area contributed by atoms with Crippen LogP contribution in [0.4, 0.5) is 4.39 Å². The summed E-state index contributed by atoms with van der Waals surface area (Å²) in [5.74, 6) is 0.573. The zero-order valence-corrected chi connectivity index (χ0v) is 17.7. The van der Waals surface area contributed by atoms with E-state index in [9.17, 15) is 4.39 Å². The van der Waals surface area contributed by atoms with Gasteiger partial charge in [0.05, 0.1) is 12.2 Å². The lowest BCUT2D eigenvalue weighted by Gasteiger charge is -2.38. The number of aromatic nitrogens is 1. The van der Waals surface area contributed by atoms with Gasteiger partial charge in [-0.15, -0.1) is 11.3 Å². The quantitative estimate of drug-likeness (QED) is 0.569. The summed E-state index contributed by atoms with van der Waals surface area (Å²) >= 11 is 1.69. The Morgan fingerprint density at radius 2 is 1.93 bits per heavy atom. The molecular weight excluding hydrogens is 375 g/mol. The van der Waals surface area contributed by atoms with Crippen molar-refractivity contribution >= 4 is 17.3 Å². The second-order valence-corrected chi connectivity index (χ2v) is 8.49. The zero-order chi connectivity index (χ0) is 20.0. The van der Waals surface area contributed by atoms with Gasteiger partial charge in [-0.3, -0.25) is 0 Å². The van der Waals surface area contributed by atoms with Crippen molar-refractivity contribution in [1.82, 2.24) is 15.6 Å². The van der Waals surface area contributed by atoms with Gasteiger partial charge in [0.1, 0.15) is 10.8 Å². The molecule has 0 radical (unpaired) electrons. The van der Waals surface area contributed by atoms with Crippen LogP contribution in [0.2, 0.25) is 0 Å². The first kappa shape index (κ1) is 20.7. The molecule has 0 aliphatic carbocycles. The molecule has 0 amide bonds. The Labute approximate surface area is 170 Å². The number of nitrogens with zero attached hydrogens (tertiary/aromatic N) is 2. The Morgan fingerprint density at radius 3 is 2.54 bits per heavy atom. The van der Waals surface area contributed by atoms with Crippen LogP contribution in [0.15, 0.2) is 29.3 Å². The van der Waals surface area contributed by atoms with Crippen molar-refractivity contribution in [1.29, 1.82) is 0 Å². The maximum atomic E-state index is 13.4. The van der Waals surface area contributed by atoms with E-state index in [1.54, 1.807) is 23.5 Å². The van der Waals surface area contributed by atoms with E-state index < -0.39 is 0 Å². The molecule has 2 aromatic rings. The van der Waals surface area contributed by atoms with E-state index in [2.05, 4.69) is 29.5 Å². The lowest BCUT2D eigenvalue weighted by molar-refractivity contribution is 0.0513. The first-order chi connectivity index (χ1) is 13.5. The molecule has 0 saturated carbocycles. The number of guanidine groups is 1. The van der Waals surface area contributed by atoms with Crippen LogP contribution in [0, 0.1) is 19.7 Å². The van der Waals surface area contributed by atoms with Gasteiger partial charge in [-0.25, -0.2) is 14.4 Å². The van der Waals surface area contributed by atoms with Gasteiger partial charge in [-0.2, -0.15) is 0 Å². The van der Waals surface area contributed by atoms with Crippen molar-refractivity contribution in [3.8, 4) is 0 Å². The Hall–Kier alpha value is -1.99. The topological polar surface area (TPSA) is 58.5 Å². The van der Waals surface area contributed by atoms with E-state index in [0.29, 0.717) is 19.8 Å². The van der Waals surface area contributed by atoms with Gasteiger partial charge < -0.3 is 15.4 Å². The van der Waals surface area contributed by atoms with Crippen LogP contribution >= 0.6 is 11.3 Å². The van der Waals surface area contributed by atoms with Crippen LogP contribution < -0.4 is 10.6 Å². The third-order valence-corrected chi connectivity index (χ3v) is 6.35. The van der Waals surface area contributed by atoms with Crippen molar-refractivity contribution in [2.24, 2.45) is 4.99 Å². The van der Waals surface area contributed by atoms with Gasteiger partial charge in [-0.1, -0.05) is 12.1 Å². The average Bonchev–Trinajstić information content (AvgIpc) is 3.03. The maximum absolute atomic E-state index is 13.4. The fourth-order valence-electron chi connectivity index (χ4n) is 3.48. The fourth-order valence-corrected chi connectivity index (χ4v) is 4.34. The molecule has 0 unspecified atom stereocenters. The predicted octanol–water partition coefficient (Wildman–Crippen LogP) is 3.70. The number of rotatable bonds is 6. The Balaban J connectivity index is 1.73. The summed E-state index contributed by atoms with van der Waals surface area (Å²) < 4.78 is 19.0. The normalized spacial score (nSPS) is 16.8. The number of thiazole rings is 1. The number of hydrogen-bond acceptors (Lipinski definition) is 4. The molecule has 2 heterocycles. The molecule has 3 rings (SSSR count). The lowest BCUT2D eigenvalue weighted by atomic mass is 9.74. The second kappa shape index (κ2) is 9.47. The minimum atomic E-state index is -0.206. The molecule has 1 aliphatic rings. The molecule has 1 fully saturated rings. The summed E-state index contributed by atoms with van der Waals surface area (Å²) in [6.07, 6.45) is 1.80. The highest BCUT2D eigenvalue weighted by Crippen LogP contribution is 2.34. The molecule has 1 aromatic heterocycles. The maximum Gasteiger partial charge on any atom is 0.191 e. The summed E-state index contributed by atoms with van der Waals surface area (Å²) in [6, 6.07) is 6.87. The summed E-state index contributed by atoms with van der Waals surface area (Å²) in [6.45, 7) is 9.66. The third-order valence-electron chi connectivity index (χ3n) is 5.29. The summed E-state index contributed by atoms with van der Waals surface area (Å²) in [7, 11) is 0. The number of benzene rings is 1. The number of aryl methyl sites for hydroxylation is 2. The van der Waals surface area contributed by atoms with Gasteiger partial charge in [-0.05, 0) is 51.3 Å². The van der Waals surface area contributed by atoms with Gasteiger partial charge in [0, 0.05) is 36.6 Å². The zero-order valence-electron chi connectivity index (χ0n) is 16.8. The Morgan fingerprint density at radius 1 is 1.21 bits per heavy atom. The van der Waals surface area contributed by atoms with E-state index >= 15 is 0 Å². The summed E-state index contributed by atoms with van der Waals surface area (Å²) in [5.41, 5.74) is 2.13. The minimum Gasteiger partial charge on any atom is -0.381 e. The van der Waals surface area contributed by atoms with E-state index in [1.165, 1.54) is 4.88 Å². The molecule has 7 heteroatoms. The largest absolute Gasteiger partial charge is 0.381 e. The first-order valence-corrected chi connectivity index (χ1v) is 10.6. The highest BCUT2D eigenvalue weighted by atomic mass is 32.1. The second-order valence-electron chi connectivity index (χ2n) is 7.20. The molecule has 1 aromatic carbocycles. The molecule has 0 bridgehead atoms. The lowest BCUT2D eigenvalue weighted by Crippen LogP contribution is -2.48. The van der Waals surface area contributed by atoms with E-state index in [0.717, 1.165) is 48.2 Å². The smallest absolute Gasteiger partial charge is 0.191 e. The van der Waals surface area contributed by atoms with Crippen molar-refractivity contribution in [3.63, 3.8) is 0 Å². The number of halogens is 1. The SMILES string of the molecule is CCNC(=NCc1nc(C)c(C)s1)NCC1(c2ccc(F)cc2)CCOCC1. The standard InChI is InChI=1S/C21H29FN4OS/c1-4-23-20(24-13-19-26-15(2)16(3)28-19)25-14-21(9-11-27-12-10-21)17-5-7-18(22)8-6-17/h5-8H,4,9-14H2,1-3H3,(H2,23,24,25). The van der Waals surface area contributed by atoms with Crippen LogP contribution in [0.5, 0.6) is 0 Å². The minimum absolute atomic E-state index is 0.0868. The fraction of sp³-hybridized carbons (Fsp3) is 0.524. The highest BCUT2D eigenvalue weighted by Gasteiger charge is 2.34. The van der Waals surface area contributed by atoms with E-state index in [1.807, 2.05) is 19.1 Å². The van der Waals surface area contributed by atoms with Crippen LogP contribution in [-0.4, -0.2) is 37.2 Å². The Kier molecular flexibility index (Phi) is 7.02. The molecule has 152 valence electrons. The average molecular weight is 405 g/mol. The van der Waals surface area contributed by atoms with Gasteiger partial charge >= 0.3 is 0 Å². The van der Waals surface area contributed by atoms with Crippen molar-refractivity contribution in [2.75, 3.05) is 26.3 Å². The van der Waals surface area contributed by atoms with Crippen LogP contribution in [0.25, 0.3) is 0 Å². The molecule has 0 atom stereocenters. The van der Waals surface area contributed by atoms with Crippen LogP contribution in [0.1, 0.15) is 40.9 Å². The van der Waals surface area contributed by atoms with Crippen molar-refractivity contribution < 1.29 is 9.13 Å². The number of aliphatic imine (C=N–C) groups is 1. The molecule has 5 nitrogen and oxygen atoms in total. The van der Waals surface area contributed by atoms with Crippen molar-refractivity contribution in [3.05, 3.63) is 51.2 Å². The van der Waals surface area contributed by atoms with E-state index in [-0.39, 0.29) is 11.2 Å². The van der Waals surface area contributed by atoms with Crippen LogP contribution in [0.3, 0.4) is 0 Å². The van der Waals surface area contributed by atoms with E-state index in [4.69, 9.17) is 9.73 Å². The number of hydrogen-bond donors (Lipinski definition) is 2. The molecule has 2 N–H and O–H groups in total. The number of nitrogens with one attached hydrogen (secondary N) is 2. The summed E-state index contributed by atoms with van der Waals surface area (Å²) in [5, 5.41) is 7.84. The molecule has 1 saturated heterocycles. The Bertz CT molecular complexity index is 778. The molecule has 0 spiro atoms. The van der Waals surface area contributed by atoms with Crippen molar-refractivity contribution in [2.45, 2.75) is 45.6 Å². The first-order valence-electron chi connectivity index (χ1n) is 9.81. The number of ether oxygens (including phenoxy) is 1. The van der Waals surface area contributed by atoms with Gasteiger partial charge in [0.25, 0.3) is 0 Å².